The molecule has 2 nitrogen and oxygen atoms in total. The van der Waals surface area contributed by atoms with E-state index in [1.807, 2.05) is 0 Å². The number of imidazole rings is 1. The molecule has 0 saturated carbocycles. The van der Waals surface area contributed by atoms with Crippen LogP contribution >= 0.6 is 0 Å². The molecule has 234 valence electrons. The molecule has 0 unspecified atom stereocenters. The highest BCUT2D eigenvalue weighted by atomic mass is 15.1. The molecule has 0 fully saturated rings. The number of para-hydroxylation sites is 2. The van der Waals surface area contributed by atoms with Gasteiger partial charge in [-0.3, -0.25) is 4.57 Å². The van der Waals surface area contributed by atoms with Crippen LogP contribution < -0.4 is 0 Å². The quantitative estimate of drug-likeness (QED) is 0.189. The Kier molecular flexibility index (Phi) is 5.61. The number of hydrogen-bond acceptors (Lipinski definition) is 1. The van der Waals surface area contributed by atoms with Gasteiger partial charge in [0.05, 0.1) is 16.4 Å². The average Bonchev–Trinajstić information content (AvgIpc) is 3.79. The SMILES string of the molecule is CCc1nc2ccccc2n1-c1cccc(-c2ccc3cc4c(cc3c2)C2(c3ccccc3-c3ccccc32)c2cc3ccccc3cc2-4)c1. The van der Waals surface area contributed by atoms with Gasteiger partial charge in [0.15, 0.2) is 0 Å². The molecule has 0 saturated heterocycles. The van der Waals surface area contributed by atoms with Crippen LogP contribution in [0.4, 0.5) is 0 Å². The molecule has 9 aromatic rings. The third kappa shape index (κ3) is 3.60. The van der Waals surface area contributed by atoms with Crippen LogP contribution in [0.2, 0.25) is 0 Å². The van der Waals surface area contributed by atoms with Gasteiger partial charge in [0.1, 0.15) is 5.82 Å². The normalized spacial score (nSPS) is 13.5. The van der Waals surface area contributed by atoms with Crippen LogP contribution in [0, 0.1) is 0 Å². The van der Waals surface area contributed by atoms with Crippen LogP contribution in [0.3, 0.4) is 0 Å². The molecule has 2 aliphatic carbocycles. The minimum atomic E-state index is -0.384. The van der Waals surface area contributed by atoms with E-state index in [-0.39, 0.29) is 5.41 Å². The van der Waals surface area contributed by atoms with E-state index in [2.05, 4.69) is 175 Å². The van der Waals surface area contributed by atoms with Gasteiger partial charge < -0.3 is 0 Å². The molecule has 1 spiro atoms. The maximum absolute atomic E-state index is 4.95. The Hall–Kier alpha value is -6.25. The van der Waals surface area contributed by atoms with Crippen molar-refractivity contribution in [2.24, 2.45) is 0 Å². The van der Waals surface area contributed by atoms with Crippen molar-refractivity contribution in [1.82, 2.24) is 9.55 Å². The van der Waals surface area contributed by atoms with Gasteiger partial charge in [0, 0.05) is 12.1 Å². The topological polar surface area (TPSA) is 17.8 Å². The summed E-state index contributed by atoms with van der Waals surface area (Å²) in [5.41, 5.74) is 16.2. The Bertz CT molecular complexity index is 2830. The highest BCUT2D eigenvalue weighted by Gasteiger charge is 2.51. The lowest BCUT2D eigenvalue weighted by atomic mass is 9.70. The molecule has 8 aromatic carbocycles. The summed E-state index contributed by atoms with van der Waals surface area (Å²) < 4.78 is 2.31. The molecule has 50 heavy (non-hydrogen) atoms. The minimum absolute atomic E-state index is 0.384. The van der Waals surface area contributed by atoms with E-state index in [1.165, 1.54) is 77.2 Å². The van der Waals surface area contributed by atoms with Crippen molar-refractivity contribution < 1.29 is 0 Å². The summed E-state index contributed by atoms with van der Waals surface area (Å²) in [6.07, 6.45) is 0.867. The van der Waals surface area contributed by atoms with Crippen molar-refractivity contribution in [2.45, 2.75) is 18.8 Å². The van der Waals surface area contributed by atoms with Crippen LogP contribution in [-0.4, -0.2) is 9.55 Å². The molecule has 0 atom stereocenters. The summed E-state index contributed by atoms with van der Waals surface area (Å²) in [4.78, 5) is 4.95. The first-order valence-corrected chi connectivity index (χ1v) is 17.6. The van der Waals surface area contributed by atoms with Crippen LogP contribution in [0.5, 0.6) is 0 Å². The number of rotatable bonds is 3. The van der Waals surface area contributed by atoms with Gasteiger partial charge in [-0.1, -0.05) is 116 Å². The van der Waals surface area contributed by atoms with Crippen LogP contribution in [-0.2, 0) is 11.8 Å². The number of fused-ring (bicyclic) bond motifs is 13. The summed E-state index contributed by atoms with van der Waals surface area (Å²) >= 11 is 0. The second-order valence-corrected chi connectivity index (χ2v) is 13.8. The van der Waals surface area contributed by atoms with E-state index >= 15 is 0 Å². The summed E-state index contributed by atoms with van der Waals surface area (Å²) in [5.74, 6) is 1.08. The molecule has 2 heteroatoms. The first-order chi connectivity index (χ1) is 24.7. The van der Waals surface area contributed by atoms with Crippen molar-refractivity contribution >= 4 is 32.6 Å². The fraction of sp³-hybridized carbons (Fsp3) is 0.0625. The van der Waals surface area contributed by atoms with E-state index < -0.39 is 0 Å². The maximum Gasteiger partial charge on any atom is 0.114 e. The molecule has 0 aliphatic heterocycles. The van der Waals surface area contributed by atoms with E-state index in [1.54, 1.807) is 0 Å². The largest absolute Gasteiger partial charge is 0.296 e. The Labute approximate surface area is 290 Å². The average molecular weight is 637 g/mol. The second kappa shape index (κ2) is 10.1. The minimum Gasteiger partial charge on any atom is -0.296 e. The fourth-order valence-corrected chi connectivity index (χ4v) is 9.17. The van der Waals surface area contributed by atoms with Crippen molar-refractivity contribution in [1.29, 1.82) is 0 Å². The van der Waals surface area contributed by atoms with Crippen molar-refractivity contribution in [3.63, 3.8) is 0 Å². The van der Waals surface area contributed by atoms with E-state index in [0.29, 0.717) is 0 Å². The van der Waals surface area contributed by atoms with Gasteiger partial charge in [-0.2, -0.15) is 0 Å². The summed E-state index contributed by atoms with van der Waals surface area (Å²) in [7, 11) is 0. The number of aromatic nitrogens is 2. The fourth-order valence-electron chi connectivity index (χ4n) is 9.17. The molecular weight excluding hydrogens is 605 g/mol. The maximum atomic E-state index is 4.95. The van der Waals surface area contributed by atoms with Crippen LogP contribution in [0.15, 0.2) is 164 Å². The highest BCUT2D eigenvalue weighted by Crippen LogP contribution is 2.63. The molecule has 2 aliphatic rings. The van der Waals surface area contributed by atoms with Gasteiger partial charge >= 0.3 is 0 Å². The first-order valence-electron chi connectivity index (χ1n) is 17.6. The number of hydrogen-bond donors (Lipinski definition) is 0. The summed E-state index contributed by atoms with van der Waals surface area (Å²) in [5, 5.41) is 5.07. The smallest absolute Gasteiger partial charge is 0.114 e. The molecule has 0 N–H and O–H groups in total. The van der Waals surface area contributed by atoms with Gasteiger partial charge in [-0.25, -0.2) is 4.98 Å². The molecule has 11 rings (SSSR count). The number of benzene rings is 8. The third-order valence-electron chi connectivity index (χ3n) is 11.3. The molecule has 0 amide bonds. The third-order valence-corrected chi connectivity index (χ3v) is 11.3. The van der Waals surface area contributed by atoms with E-state index in [9.17, 15) is 0 Å². The Morgan fingerprint density at radius 3 is 1.80 bits per heavy atom. The van der Waals surface area contributed by atoms with Crippen LogP contribution in [0.25, 0.3) is 71.6 Å². The van der Waals surface area contributed by atoms with E-state index in [4.69, 9.17) is 4.98 Å². The monoisotopic (exact) mass is 636 g/mol. The Balaban J connectivity index is 1.15. The molecular formula is C48H32N2. The Morgan fingerprint density at radius 2 is 1.06 bits per heavy atom. The number of aryl methyl sites for hydroxylation is 1. The lowest BCUT2D eigenvalue weighted by Crippen LogP contribution is -2.25. The zero-order valence-corrected chi connectivity index (χ0v) is 27.7. The van der Waals surface area contributed by atoms with Gasteiger partial charge in [0.25, 0.3) is 0 Å². The number of nitrogens with zero attached hydrogens (tertiary/aromatic N) is 2. The second-order valence-electron chi connectivity index (χ2n) is 13.8. The van der Waals surface area contributed by atoms with Crippen molar-refractivity contribution in [3.8, 4) is 39.1 Å². The summed E-state index contributed by atoms with van der Waals surface area (Å²) in [6.45, 7) is 2.18. The van der Waals surface area contributed by atoms with E-state index in [0.717, 1.165) is 29.0 Å². The molecule has 0 bridgehead atoms. The lowest BCUT2D eigenvalue weighted by Gasteiger charge is -2.30. The summed E-state index contributed by atoms with van der Waals surface area (Å²) in [6, 6.07) is 61.1. The van der Waals surface area contributed by atoms with Crippen molar-refractivity contribution in [3.05, 3.63) is 192 Å². The highest BCUT2D eigenvalue weighted by molar-refractivity contribution is 6.03. The molecule has 1 heterocycles. The lowest BCUT2D eigenvalue weighted by molar-refractivity contribution is 0.796. The Morgan fingerprint density at radius 1 is 0.460 bits per heavy atom. The molecule has 1 aromatic heterocycles. The molecule has 0 radical (unpaired) electrons. The van der Waals surface area contributed by atoms with Crippen LogP contribution in [0.1, 0.15) is 35.0 Å². The predicted molar refractivity (Wildman–Crippen MR) is 207 cm³/mol. The zero-order valence-electron chi connectivity index (χ0n) is 27.7. The van der Waals surface area contributed by atoms with Gasteiger partial charge in [-0.15, -0.1) is 0 Å². The zero-order chi connectivity index (χ0) is 33.0. The van der Waals surface area contributed by atoms with Crippen molar-refractivity contribution in [2.75, 3.05) is 0 Å². The predicted octanol–water partition coefficient (Wildman–Crippen LogP) is 11.9. The van der Waals surface area contributed by atoms with Gasteiger partial charge in [0.2, 0.25) is 0 Å². The first kappa shape index (κ1) is 27.7. The van der Waals surface area contributed by atoms with Gasteiger partial charge in [-0.05, 0) is 132 Å². The standard InChI is InChI=1S/C48H32N2/c1-2-47-49-45-20-9-10-21-46(45)50(47)36-15-11-14-30(25-36)33-22-23-34-27-40-39-26-31-12-3-4-13-32(31)28-43(39)48(44(40)29-35(34)24-33)41-18-7-5-16-37(41)38-17-6-8-19-42(38)48/h3-29H,2H2,1H3.